The minimum atomic E-state index is -0.850. The predicted molar refractivity (Wildman–Crippen MR) is 78.7 cm³/mol. The zero-order valence-electron chi connectivity index (χ0n) is 12.1. The molecule has 1 aliphatic rings. The zero-order chi connectivity index (χ0) is 14.9. The lowest BCUT2D eigenvalue weighted by Gasteiger charge is -2.15. The summed E-state index contributed by atoms with van der Waals surface area (Å²) in [7, 11) is 0. The molecule has 1 aromatic heterocycles. The predicted octanol–water partition coefficient (Wildman–Crippen LogP) is 2.73. The molecule has 1 amide bonds. The Morgan fingerprint density at radius 1 is 1.35 bits per heavy atom. The van der Waals surface area contributed by atoms with Crippen molar-refractivity contribution >= 4 is 23.2 Å². The number of carbonyl (C=O) groups is 2. The van der Waals surface area contributed by atoms with Gasteiger partial charge in [0.15, 0.2) is 0 Å². The summed E-state index contributed by atoms with van der Waals surface area (Å²) in [6.45, 7) is 6.62. The third kappa shape index (κ3) is 3.20. The van der Waals surface area contributed by atoms with Crippen LogP contribution in [0.3, 0.4) is 0 Å². The van der Waals surface area contributed by atoms with Crippen molar-refractivity contribution in [3.8, 4) is 0 Å². The van der Waals surface area contributed by atoms with E-state index in [1.54, 1.807) is 11.3 Å². The van der Waals surface area contributed by atoms with Crippen LogP contribution in [0.2, 0.25) is 0 Å². The summed E-state index contributed by atoms with van der Waals surface area (Å²) in [5, 5.41) is 12.1. The first-order valence-electron chi connectivity index (χ1n) is 6.95. The molecule has 0 aliphatic heterocycles. The summed E-state index contributed by atoms with van der Waals surface area (Å²) in [4.78, 5) is 25.8. The second kappa shape index (κ2) is 5.95. The molecule has 4 nitrogen and oxygen atoms in total. The molecular formula is C15H21NO3S. The molecule has 110 valence electrons. The Balaban J connectivity index is 1.95. The molecule has 0 bridgehead atoms. The Morgan fingerprint density at radius 3 is 2.55 bits per heavy atom. The Morgan fingerprint density at radius 2 is 2.00 bits per heavy atom. The van der Waals surface area contributed by atoms with Crippen LogP contribution in [-0.4, -0.2) is 17.0 Å². The van der Waals surface area contributed by atoms with Gasteiger partial charge in [0.2, 0.25) is 5.91 Å². The van der Waals surface area contributed by atoms with Crippen LogP contribution in [0.25, 0.3) is 0 Å². The van der Waals surface area contributed by atoms with Gasteiger partial charge >= 0.3 is 5.97 Å². The van der Waals surface area contributed by atoms with E-state index in [1.165, 1.54) is 10.4 Å². The van der Waals surface area contributed by atoms with Gasteiger partial charge < -0.3 is 10.4 Å². The van der Waals surface area contributed by atoms with Gasteiger partial charge in [0.25, 0.3) is 0 Å². The minimum absolute atomic E-state index is 0.120. The summed E-state index contributed by atoms with van der Waals surface area (Å²) in [5.41, 5.74) is 1.23. The van der Waals surface area contributed by atoms with Crippen LogP contribution in [-0.2, 0) is 16.1 Å². The van der Waals surface area contributed by atoms with Crippen LogP contribution < -0.4 is 5.32 Å². The number of aryl methyl sites for hydroxylation is 2. The fourth-order valence-corrected chi connectivity index (χ4v) is 3.89. The monoisotopic (exact) mass is 295 g/mol. The maximum Gasteiger partial charge on any atom is 0.307 e. The number of hydrogen-bond acceptors (Lipinski definition) is 3. The van der Waals surface area contributed by atoms with Crippen molar-refractivity contribution in [1.29, 1.82) is 0 Å². The van der Waals surface area contributed by atoms with Gasteiger partial charge in [0, 0.05) is 9.75 Å². The normalized spacial score (nSPS) is 25.6. The van der Waals surface area contributed by atoms with E-state index in [0.717, 1.165) is 4.88 Å². The number of nitrogens with one attached hydrogen (secondary N) is 1. The number of carboxylic acids is 1. The van der Waals surface area contributed by atoms with Gasteiger partial charge in [-0.15, -0.1) is 11.3 Å². The number of thiophene rings is 1. The van der Waals surface area contributed by atoms with E-state index in [0.29, 0.717) is 25.3 Å². The average Bonchev–Trinajstić information content (AvgIpc) is 2.91. The summed E-state index contributed by atoms with van der Waals surface area (Å²) in [5.74, 6) is -1.58. The molecule has 1 unspecified atom stereocenters. The Labute approximate surface area is 123 Å². The third-order valence-electron chi connectivity index (χ3n) is 4.11. The molecule has 0 radical (unpaired) electrons. The Kier molecular flexibility index (Phi) is 4.48. The number of aliphatic carboxylic acids is 1. The van der Waals surface area contributed by atoms with Crippen LogP contribution in [0.15, 0.2) is 6.07 Å². The first-order valence-corrected chi connectivity index (χ1v) is 7.76. The highest BCUT2D eigenvalue weighted by Crippen LogP contribution is 2.36. The van der Waals surface area contributed by atoms with E-state index in [1.807, 2.05) is 6.92 Å². The van der Waals surface area contributed by atoms with Gasteiger partial charge in [-0.3, -0.25) is 9.59 Å². The SMILES string of the molecule is Cc1cc(CNC(=O)[C@H]2CC(C)C[C@H]2C(=O)O)sc1C. The standard InChI is InChI=1S/C15H21NO3S/c1-8-4-12(13(5-8)15(18)19)14(17)16-7-11-6-9(2)10(3)20-11/h6,8,12-13H,4-5,7H2,1-3H3,(H,16,17)(H,18,19)/t8?,12-,13+/m0/s1. The van der Waals surface area contributed by atoms with Crippen molar-refractivity contribution in [2.45, 2.75) is 40.2 Å². The lowest BCUT2D eigenvalue weighted by atomic mass is 9.95. The van der Waals surface area contributed by atoms with E-state index in [4.69, 9.17) is 0 Å². The molecule has 1 fully saturated rings. The molecule has 1 heterocycles. The molecule has 20 heavy (non-hydrogen) atoms. The highest BCUT2D eigenvalue weighted by atomic mass is 32.1. The second-order valence-electron chi connectivity index (χ2n) is 5.80. The smallest absolute Gasteiger partial charge is 0.307 e. The van der Waals surface area contributed by atoms with E-state index in [2.05, 4.69) is 25.2 Å². The van der Waals surface area contributed by atoms with Gasteiger partial charge in [0.1, 0.15) is 0 Å². The maximum atomic E-state index is 12.2. The summed E-state index contributed by atoms with van der Waals surface area (Å²) in [6, 6.07) is 2.08. The Bertz CT molecular complexity index is 504. The van der Waals surface area contributed by atoms with E-state index < -0.39 is 11.9 Å². The highest BCUT2D eigenvalue weighted by molar-refractivity contribution is 7.12. The highest BCUT2D eigenvalue weighted by Gasteiger charge is 2.41. The number of rotatable bonds is 4. The molecule has 0 aromatic carbocycles. The van der Waals surface area contributed by atoms with Crippen LogP contribution in [0.4, 0.5) is 0 Å². The fourth-order valence-electron chi connectivity index (χ4n) is 2.90. The van der Waals surface area contributed by atoms with Crippen molar-refractivity contribution in [3.63, 3.8) is 0 Å². The first-order chi connectivity index (χ1) is 9.38. The number of carbonyl (C=O) groups excluding carboxylic acids is 1. The molecule has 2 N–H and O–H groups in total. The lowest BCUT2D eigenvalue weighted by Crippen LogP contribution is -2.34. The fraction of sp³-hybridized carbons (Fsp3) is 0.600. The molecule has 1 aliphatic carbocycles. The summed E-state index contributed by atoms with van der Waals surface area (Å²) >= 11 is 1.68. The second-order valence-corrected chi connectivity index (χ2v) is 7.14. The summed E-state index contributed by atoms with van der Waals surface area (Å²) in [6.07, 6.45) is 1.27. The number of hydrogen-bond donors (Lipinski definition) is 2. The largest absolute Gasteiger partial charge is 0.481 e. The molecule has 2 rings (SSSR count). The minimum Gasteiger partial charge on any atom is -0.481 e. The van der Waals surface area contributed by atoms with E-state index in [-0.39, 0.29) is 11.8 Å². The average molecular weight is 295 g/mol. The molecular weight excluding hydrogens is 274 g/mol. The molecule has 0 saturated heterocycles. The van der Waals surface area contributed by atoms with E-state index >= 15 is 0 Å². The van der Waals surface area contributed by atoms with Crippen molar-refractivity contribution < 1.29 is 14.7 Å². The van der Waals surface area contributed by atoms with Gasteiger partial charge in [-0.2, -0.15) is 0 Å². The lowest BCUT2D eigenvalue weighted by molar-refractivity contribution is -0.146. The molecule has 3 atom stereocenters. The van der Waals surface area contributed by atoms with Crippen LogP contribution in [0, 0.1) is 31.6 Å². The van der Waals surface area contributed by atoms with Crippen molar-refractivity contribution in [2.24, 2.45) is 17.8 Å². The van der Waals surface area contributed by atoms with Crippen molar-refractivity contribution in [3.05, 3.63) is 21.4 Å². The van der Waals surface area contributed by atoms with Gasteiger partial charge in [-0.1, -0.05) is 6.92 Å². The summed E-state index contributed by atoms with van der Waals surface area (Å²) < 4.78 is 0. The first kappa shape index (κ1) is 15.0. The maximum absolute atomic E-state index is 12.2. The molecule has 1 aromatic rings. The van der Waals surface area contributed by atoms with Gasteiger partial charge in [-0.05, 0) is 44.2 Å². The van der Waals surface area contributed by atoms with Gasteiger partial charge in [0.05, 0.1) is 18.4 Å². The molecule has 1 saturated carbocycles. The van der Waals surface area contributed by atoms with Crippen LogP contribution in [0.5, 0.6) is 0 Å². The van der Waals surface area contributed by atoms with Crippen molar-refractivity contribution in [2.75, 3.05) is 0 Å². The van der Waals surface area contributed by atoms with Crippen LogP contribution >= 0.6 is 11.3 Å². The van der Waals surface area contributed by atoms with Crippen LogP contribution in [0.1, 0.15) is 35.1 Å². The Hall–Kier alpha value is -1.36. The quantitative estimate of drug-likeness (QED) is 0.897. The number of carboxylic acid groups (broad SMARTS) is 1. The van der Waals surface area contributed by atoms with Crippen molar-refractivity contribution in [1.82, 2.24) is 5.32 Å². The number of amides is 1. The zero-order valence-corrected chi connectivity index (χ0v) is 12.9. The van der Waals surface area contributed by atoms with E-state index in [9.17, 15) is 14.7 Å². The molecule has 0 spiro atoms. The molecule has 5 heteroatoms. The topological polar surface area (TPSA) is 66.4 Å². The third-order valence-corrected chi connectivity index (χ3v) is 5.26. The van der Waals surface area contributed by atoms with Gasteiger partial charge in [-0.25, -0.2) is 0 Å².